The van der Waals surface area contributed by atoms with Crippen LogP contribution in [0.15, 0.2) is 26.3 Å². The molecule has 0 aromatic heterocycles. The average Bonchev–Trinajstić information content (AvgIpc) is 3.06. The fraction of sp³-hybridized carbons (Fsp3) is 0.850. The zero-order valence-electron chi connectivity index (χ0n) is 29.6. The monoisotopic (exact) mass is 949 g/mol. The van der Waals surface area contributed by atoms with E-state index in [2.05, 4.69) is 58.9 Å². The minimum Gasteiger partial charge on any atom is -0.411 e. The molecular formula is C40H98O12Y2-2. The van der Waals surface area contributed by atoms with Gasteiger partial charge in [0.05, 0.1) is 79.8 Å². The Morgan fingerprint density at radius 1 is 0.389 bits per heavy atom. The average molecular weight is 949 g/mol. The first-order valence-corrected chi connectivity index (χ1v) is 15.4. The zero-order chi connectivity index (χ0) is 33.8. The molecule has 0 N–H and O–H groups in total. The molecule has 2 atom stereocenters. The molecule has 14 heteroatoms. The SMILES string of the molecule is C.C.C.C.C.C.C.C.C=C.C=C.[CH2-]COCCOCC(COOC)OCCOCCC.[CH2-]COCCOCC(COOCCC)OCCOCCC.[Y].[Y]. The van der Waals surface area contributed by atoms with Crippen LogP contribution in [0, 0.1) is 13.8 Å². The molecule has 0 aliphatic heterocycles. The van der Waals surface area contributed by atoms with E-state index in [4.69, 9.17) is 52.6 Å². The van der Waals surface area contributed by atoms with Crippen molar-refractivity contribution in [2.75, 3.05) is 119 Å². The van der Waals surface area contributed by atoms with Crippen LogP contribution in [0.25, 0.3) is 0 Å². The molecule has 0 rings (SSSR count). The largest absolute Gasteiger partial charge is 0.411 e. The Hall–Kier alpha value is 1.21. The van der Waals surface area contributed by atoms with E-state index in [1.165, 1.54) is 7.11 Å². The number of rotatable bonds is 32. The van der Waals surface area contributed by atoms with Crippen LogP contribution in [0.5, 0.6) is 0 Å². The first-order chi connectivity index (χ1) is 21.7. The molecule has 2 unspecified atom stereocenters. The smallest absolute Gasteiger partial charge is 0.111 e. The van der Waals surface area contributed by atoms with Gasteiger partial charge in [-0.3, -0.25) is 0 Å². The van der Waals surface area contributed by atoms with Gasteiger partial charge in [0.15, 0.2) is 0 Å². The third-order valence-electron chi connectivity index (χ3n) is 4.50. The van der Waals surface area contributed by atoms with E-state index >= 15 is 0 Å². The molecule has 0 aromatic carbocycles. The summed E-state index contributed by atoms with van der Waals surface area (Å²) in [5.41, 5.74) is 0. The van der Waals surface area contributed by atoms with Crippen LogP contribution in [0.1, 0.15) is 99.4 Å². The van der Waals surface area contributed by atoms with Gasteiger partial charge >= 0.3 is 0 Å². The topological polar surface area (TPSA) is 111 Å². The molecule has 12 nitrogen and oxygen atoms in total. The van der Waals surface area contributed by atoms with Crippen molar-refractivity contribution >= 4 is 0 Å². The molecule has 54 heavy (non-hydrogen) atoms. The molecule has 0 spiro atoms. The van der Waals surface area contributed by atoms with Gasteiger partial charge in [0.25, 0.3) is 0 Å². The van der Waals surface area contributed by atoms with Gasteiger partial charge in [-0.05, 0) is 19.3 Å². The molecular weight excluding hydrogens is 850 g/mol. The maximum absolute atomic E-state index is 5.67. The third-order valence-corrected chi connectivity index (χ3v) is 4.50. The van der Waals surface area contributed by atoms with Crippen LogP contribution in [-0.2, 0) is 123 Å². The van der Waals surface area contributed by atoms with Gasteiger partial charge in [-0.1, -0.05) is 93.4 Å². The predicted molar refractivity (Wildman–Crippen MR) is 227 cm³/mol. The van der Waals surface area contributed by atoms with Crippen LogP contribution in [-0.4, -0.2) is 132 Å². The second kappa shape index (κ2) is 99.8. The van der Waals surface area contributed by atoms with Crippen LogP contribution >= 0.6 is 0 Å². The standard InChI is InChI=1S/C15H31O6.C13H27O6.2C2H4.8CH4.2Y/c1-4-7-17-11-12-19-15(14-21-20-8-5-2)13-18-10-9-16-6-3;1-4-6-16-9-10-18-13(12-19-14-3)11-17-8-7-15-5-2;2*1-2;;;;;;;;;;/h15H,3-14H2,1-2H3;13H,2,4-12H2,1,3H3;2*1-2H2;8*1H4;;/q2*-1;;;;;;;;;;;;. The van der Waals surface area contributed by atoms with E-state index in [1.54, 1.807) is 0 Å². The van der Waals surface area contributed by atoms with Crippen molar-refractivity contribution in [1.82, 2.24) is 0 Å². The summed E-state index contributed by atoms with van der Waals surface area (Å²) in [5.74, 6) is 0. The fourth-order valence-corrected chi connectivity index (χ4v) is 2.61. The second-order valence-electron chi connectivity index (χ2n) is 8.14. The van der Waals surface area contributed by atoms with E-state index < -0.39 is 0 Å². The number of ether oxygens (including phenoxy) is 8. The molecule has 2 radical (unpaired) electrons. The predicted octanol–water partition coefficient (Wildman–Crippen LogP) is 9.96. The van der Waals surface area contributed by atoms with E-state index in [0.29, 0.717) is 99.1 Å². The maximum Gasteiger partial charge on any atom is 0.111 e. The molecule has 0 aliphatic rings. The summed E-state index contributed by atoms with van der Waals surface area (Å²) in [7, 11) is 1.46. The van der Waals surface area contributed by atoms with Gasteiger partial charge in [-0.2, -0.15) is 0 Å². The van der Waals surface area contributed by atoms with Crippen LogP contribution < -0.4 is 0 Å². The molecule has 0 aromatic rings. The molecule has 0 saturated heterocycles. The van der Waals surface area contributed by atoms with Crippen molar-refractivity contribution in [2.45, 2.75) is 112 Å². The maximum atomic E-state index is 5.67. The summed E-state index contributed by atoms with van der Waals surface area (Å²) in [6.07, 6.45) is 2.57. The summed E-state index contributed by atoms with van der Waals surface area (Å²) in [6.45, 7) is 34.1. The van der Waals surface area contributed by atoms with Crippen LogP contribution in [0.4, 0.5) is 0 Å². The van der Waals surface area contributed by atoms with E-state index in [0.717, 1.165) is 32.5 Å². The Bertz CT molecular complexity index is 449. The Morgan fingerprint density at radius 2 is 0.704 bits per heavy atom. The van der Waals surface area contributed by atoms with Crippen molar-refractivity contribution in [3.8, 4) is 0 Å². The zero-order valence-corrected chi connectivity index (χ0v) is 35.3. The minimum absolute atomic E-state index is 0. The van der Waals surface area contributed by atoms with Crippen LogP contribution in [0.3, 0.4) is 0 Å². The second-order valence-corrected chi connectivity index (χ2v) is 8.14. The van der Waals surface area contributed by atoms with E-state index in [-0.39, 0.29) is 137 Å². The minimum atomic E-state index is -0.176. The van der Waals surface area contributed by atoms with Crippen molar-refractivity contribution in [3.05, 3.63) is 40.2 Å². The molecule has 0 heterocycles. The Kier molecular flexibility index (Phi) is 177. The molecule has 0 amide bonds. The third kappa shape index (κ3) is 94.3. The van der Waals surface area contributed by atoms with Gasteiger partial charge in [0.1, 0.15) is 25.4 Å². The first-order valence-electron chi connectivity index (χ1n) is 15.4. The summed E-state index contributed by atoms with van der Waals surface area (Å²) >= 11 is 0. The van der Waals surface area contributed by atoms with Gasteiger partial charge in [0.2, 0.25) is 0 Å². The number of hydrogen-bond acceptors (Lipinski definition) is 12. The quantitative estimate of drug-likeness (QED) is 0.0211. The summed E-state index contributed by atoms with van der Waals surface area (Å²) < 4.78 is 43.0. The van der Waals surface area contributed by atoms with Gasteiger partial charge in [-0.25, -0.2) is 19.6 Å². The summed E-state index contributed by atoms with van der Waals surface area (Å²) in [6, 6.07) is 0. The van der Waals surface area contributed by atoms with Gasteiger partial charge in [-0.15, -0.1) is 26.3 Å². The van der Waals surface area contributed by atoms with Crippen LogP contribution in [0.2, 0.25) is 0 Å². The Labute approximate surface area is 391 Å². The Morgan fingerprint density at radius 3 is 1.02 bits per heavy atom. The van der Waals surface area contributed by atoms with E-state index in [9.17, 15) is 0 Å². The molecule has 338 valence electrons. The van der Waals surface area contributed by atoms with Gasteiger partial charge in [0, 0.05) is 78.6 Å². The summed E-state index contributed by atoms with van der Waals surface area (Å²) in [4.78, 5) is 19.5. The Balaban J connectivity index is -0.0000000386. The fourth-order valence-electron chi connectivity index (χ4n) is 2.61. The van der Waals surface area contributed by atoms with Crippen molar-refractivity contribution in [3.63, 3.8) is 0 Å². The summed E-state index contributed by atoms with van der Waals surface area (Å²) in [5, 5.41) is 0. The normalized spacial score (nSPS) is 9.59. The van der Waals surface area contributed by atoms with Crippen molar-refractivity contribution < 1.29 is 123 Å². The first kappa shape index (κ1) is 95.5. The molecule has 0 aliphatic carbocycles. The molecule has 0 bridgehead atoms. The van der Waals surface area contributed by atoms with E-state index in [1.807, 2.05) is 6.92 Å². The van der Waals surface area contributed by atoms with Gasteiger partial charge < -0.3 is 51.7 Å². The molecule has 0 fully saturated rings. The van der Waals surface area contributed by atoms with Crippen molar-refractivity contribution in [2.24, 2.45) is 0 Å². The van der Waals surface area contributed by atoms with Crippen molar-refractivity contribution in [1.29, 1.82) is 0 Å². The molecule has 0 saturated carbocycles. The number of hydrogen-bond donors (Lipinski definition) is 0.